The molecular weight excluding hydrogens is 184 g/mol. The Morgan fingerprint density at radius 2 is 1.71 bits per heavy atom. The van der Waals surface area contributed by atoms with Crippen molar-refractivity contribution < 1.29 is 19.4 Å². The zero-order valence-electron chi connectivity index (χ0n) is 8.15. The molecule has 0 saturated carbocycles. The predicted molar refractivity (Wildman–Crippen MR) is 54.5 cm³/mol. The lowest BCUT2D eigenvalue weighted by atomic mass is 10.3. The topological polar surface area (TPSA) is 55.8 Å². The molecule has 0 heterocycles. The van der Waals surface area contributed by atoms with Crippen LogP contribution in [0.1, 0.15) is 12.8 Å². The molecule has 0 atom stereocenters. The number of rotatable bonds is 5. The smallest absolute Gasteiger partial charge is 0.403 e. The summed E-state index contributed by atoms with van der Waals surface area (Å²) >= 11 is 0. The standard InChI is InChI=1S/C5H6O3.C5H10O/c1-3-7-5(6)8-4-2;1-2-3-4-5-6/h3-4H,1-2H2;2,6H,1,3-5H2. The highest BCUT2D eigenvalue weighted by atomic mass is 16.7. The minimum absolute atomic E-state index is 0.284. The lowest BCUT2D eigenvalue weighted by Gasteiger charge is -1.91. The maximum Gasteiger partial charge on any atom is 0.518 e. The van der Waals surface area contributed by atoms with Gasteiger partial charge in [-0.3, -0.25) is 0 Å². The Kier molecular flexibility index (Phi) is 14.9. The molecule has 0 amide bonds. The Hall–Kier alpha value is -1.55. The van der Waals surface area contributed by atoms with Crippen molar-refractivity contribution in [3.05, 3.63) is 38.3 Å². The van der Waals surface area contributed by atoms with Crippen molar-refractivity contribution in [1.82, 2.24) is 0 Å². The van der Waals surface area contributed by atoms with Crippen LogP contribution in [0, 0.1) is 0 Å². The number of aliphatic hydroxyl groups excluding tert-OH is 1. The summed E-state index contributed by atoms with van der Waals surface area (Å²) in [5, 5.41) is 8.15. The van der Waals surface area contributed by atoms with Crippen LogP contribution in [0.5, 0.6) is 0 Å². The molecule has 0 rings (SSSR count). The minimum Gasteiger partial charge on any atom is -0.403 e. The SMILES string of the molecule is C=CCCCO.C=COC(=O)OC=C. The van der Waals surface area contributed by atoms with Crippen LogP contribution in [-0.4, -0.2) is 17.9 Å². The summed E-state index contributed by atoms with van der Waals surface area (Å²) < 4.78 is 8.23. The van der Waals surface area contributed by atoms with Crippen molar-refractivity contribution >= 4 is 6.16 Å². The summed E-state index contributed by atoms with van der Waals surface area (Å²) in [6.45, 7) is 10.0. The summed E-state index contributed by atoms with van der Waals surface area (Å²) in [5.41, 5.74) is 0. The lowest BCUT2D eigenvalue weighted by Crippen LogP contribution is -1.96. The molecule has 1 N–H and O–H groups in total. The van der Waals surface area contributed by atoms with Gasteiger partial charge in [0.2, 0.25) is 0 Å². The van der Waals surface area contributed by atoms with Crippen molar-refractivity contribution in [3.63, 3.8) is 0 Å². The summed E-state index contributed by atoms with van der Waals surface area (Å²) in [7, 11) is 0. The summed E-state index contributed by atoms with van der Waals surface area (Å²) in [6, 6.07) is 0. The second-order valence-electron chi connectivity index (χ2n) is 1.97. The Morgan fingerprint density at radius 3 is 1.93 bits per heavy atom. The molecule has 0 aliphatic heterocycles. The van der Waals surface area contributed by atoms with Crippen LogP contribution in [0.15, 0.2) is 38.3 Å². The molecule has 4 nitrogen and oxygen atoms in total. The van der Waals surface area contributed by atoms with Gasteiger partial charge in [0.05, 0.1) is 12.5 Å². The third-order valence-electron chi connectivity index (χ3n) is 0.925. The zero-order valence-corrected chi connectivity index (χ0v) is 8.15. The van der Waals surface area contributed by atoms with Gasteiger partial charge in [-0.25, -0.2) is 4.79 Å². The molecule has 0 unspecified atom stereocenters. The summed E-state index contributed by atoms with van der Waals surface area (Å²) in [5.74, 6) is 0. The number of unbranched alkanes of at least 4 members (excludes halogenated alkanes) is 1. The van der Waals surface area contributed by atoms with Gasteiger partial charge in [-0.1, -0.05) is 19.2 Å². The van der Waals surface area contributed by atoms with Crippen LogP contribution < -0.4 is 0 Å². The lowest BCUT2D eigenvalue weighted by molar-refractivity contribution is 0.120. The van der Waals surface area contributed by atoms with E-state index in [-0.39, 0.29) is 6.61 Å². The number of hydrogen-bond acceptors (Lipinski definition) is 4. The van der Waals surface area contributed by atoms with E-state index in [4.69, 9.17) is 5.11 Å². The van der Waals surface area contributed by atoms with E-state index in [2.05, 4.69) is 29.2 Å². The summed E-state index contributed by atoms with van der Waals surface area (Å²) in [4.78, 5) is 10.1. The van der Waals surface area contributed by atoms with E-state index in [1.807, 2.05) is 0 Å². The average Bonchev–Trinajstić information content (AvgIpc) is 2.16. The van der Waals surface area contributed by atoms with Crippen molar-refractivity contribution in [2.45, 2.75) is 12.8 Å². The van der Waals surface area contributed by atoms with Crippen molar-refractivity contribution in [2.75, 3.05) is 6.61 Å². The van der Waals surface area contributed by atoms with Crippen LogP contribution >= 0.6 is 0 Å². The second kappa shape index (κ2) is 14.0. The van der Waals surface area contributed by atoms with Crippen LogP contribution in [0.4, 0.5) is 4.79 Å². The van der Waals surface area contributed by atoms with Crippen LogP contribution in [-0.2, 0) is 9.47 Å². The normalized spacial score (nSPS) is 7.50. The third-order valence-corrected chi connectivity index (χ3v) is 0.925. The number of aliphatic hydroxyl groups is 1. The number of hydrogen-bond donors (Lipinski definition) is 1. The van der Waals surface area contributed by atoms with E-state index < -0.39 is 6.16 Å². The third kappa shape index (κ3) is 16.8. The largest absolute Gasteiger partial charge is 0.518 e. The molecule has 0 saturated heterocycles. The Morgan fingerprint density at radius 1 is 1.21 bits per heavy atom. The minimum atomic E-state index is -0.824. The molecule has 0 radical (unpaired) electrons. The van der Waals surface area contributed by atoms with Gasteiger partial charge in [-0.05, 0) is 12.8 Å². The monoisotopic (exact) mass is 200 g/mol. The van der Waals surface area contributed by atoms with Crippen LogP contribution in [0.25, 0.3) is 0 Å². The van der Waals surface area contributed by atoms with E-state index in [1.165, 1.54) is 0 Å². The fraction of sp³-hybridized carbons (Fsp3) is 0.300. The first-order valence-corrected chi connectivity index (χ1v) is 4.03. The second-order valence-corrected chi connectivity index (χ2v) is 1.97. The van der Waals surface area contributed by atoms with Crippen LogP contribution in [0.3, 0.4) is 0 Å². The number of allylic oxidation sites excluding steroid dienone is 1. The van der Waals surface area contributed by atoms with Gasteiger partial charge in [0.25, 0.3) is 0 Å². The molecule has 0 aromatic heterocycles. The molecule has 14 heavy (non-hydrogen) atoms. The maximum atomic E-state index is 10.1. The van der Waals surface area contributed by atoms with Gasteiger partial charge in [-0.15, -0.1) is 6.58 Å². The van der Waals surface area contributed by atoms with Gasteiger partial charge in [0.1, 0.15) is 0 Å². The maximum absolute atomic E-state index is 10.1. The molecule has 0 bridgehead atoms. The number of ether oxygens (including phenoxy) is 2. The molecule has 0 aliphatic carbocycles. The van der Waals surface area contributed by atoms with Gasteiger partial charge in [-0.2, -0.15) is 0 Å². The Labute approximate surface area is 84.1 Å². The molecule has 0 aliphatic rings. The van der Waals surface area contributed by atoms with E-state index >= 15 is 0 Å². The molecule has 4 heteroatoms. The first-order valence-electron chi connectivity index (χ1n) is 4.03. The first-order chi connectivity index (χ1) is 6.72. The van der Waals surface area contributed by atoms with E-state index in [0.29, 0.717) is 0 Å². The van der Waals surface area contributed by atoms with Crippen LogP contribution in [0.2, 0.25) is 0 Å². The molecule has 0 spiro atoms. The van der Waals surface area contributed by atoms with Crippen molar-refractivity contribution in [3.8, 4) is 0 Å². The fourth-order valence-electron chi connectivity index (χ4n) is 0.399. The molecule has 0 aromatic carbocycles. The molecular formula is C10H16O4. The van der Waals surface area contributed by atoms with E-state index in [9.17, 15) is 4.79 Å². The molecule has 80 valence electrons. The van der Waals surface area contributed by atoms with Gasteiger partial charge >= 0.3 is 6.16 Å². The first kappa shape index (κ1) is 14.9. The predicted octanol–water partition coefficient (Wildman–Crippen LogP) is 2.37. The quantitative estimate of drug-likeness (QED) is 0.320. The van der Waals surface area contributed by atoms with Gasteiger partial charge in [0.15, 0.2) is 0 Å². The van der Waals surface area contributed by atoms with Crippen molar-refractivity contribution in [2.24, 2.45) is 0 Å². The van der Waals surface area contributed by atoms with E-state index in [1.54, 1.807) is 6.08 Å². The highest BCUT2D eigenvalue weighted by Gasteiger charge is 1.93. The Balaban J connectivity index is 0. The van der Waals surface area contributed by atoms with E-state index in [0.717, 1.165) is 25.4 Å². The highest BCUT2D eigenvalue weighted by molar-refractivity contribution is 5.61. The Bertz CT molecular complexity index is 163. The summed E-state index contributed by atoms with van der Waals surface area (Å²) in [6.07, 6.45) is 4.71. The highest BCUT2D eigenvalue weighted by Crippen LogP contribution is 1.84. The number of carbonyl (C=O) groups excluding carboxylic acids is 1. The number of carbonyl (C=O) groups is 1. The fourth-order valence-corrected chi connectivity index (χ4v) is 0.399. The molecule has 0 fully saturated rings. The van der Waals surface area contributed by atoms with Gasteiger partial charge in [0, 0.05) is 6.61 Å². The van der Waals surface area contributed by atoms with Crippen molar-refractivity contribution in [1.29, 1.82) is 0 Å². The average molecular weight is 200 g/mol. The zero-order chi connectivity index (χ0) is 11.2. The molecule has 0 aromatic rings. The van der Waals surface area contributed by atoms with Gasteiger partial charge < -0.3 is 14.6 Å².